The van der Waals surface area contributed by atoms with E-state index in [9.17, 15) is 9.59 Å². The summed E-state index contributed by atoms with van der Waals surface area (Å²) >= 11 is 0. The Hall–Kier alpha value is -2.35. The van der Waals surface area contributed by atoms with Crippen LogP contribution in [0.4, 0.5) is 0 Å². The van der Waals surface area contributed by atoms with Crippen molar-refractivity contribution in [2.75, 3.05) is 13.7 Å². The Morgan fingerprint density at radius 1 is 1.26 bits per heavy atom. The molecule has 0 radical (unpaired) electrons. The maximum atomic E-state index is 11.7. The molecule has 0 amide bonds. The standard InChI is InChI=1S/C14H15NO4/c1-3-19-14(17)12(13(16)18-2)8-10-4-6-11(9-15)7-5-10/h4-7,12H,3,8H2,1-2H3. The lowest BCUT2D eigenvalue weighted by Crippen LogP contribution is -2.29. The highest BCUT2D eigenvalue weighted by molar-refractivity contribution is 5.95. The monoisotopic (exact) mass is 261 g/mol. The smallest absolute Gasteiger partial charge is 0.320 e. The van der Waals surface area contributed by atoms with E-state index in [0.29, 0.717) is 5.56 Å². The molecule has 0 fully saturated rings. The summed E-state index contributed by atoms with van der Waals surface area (Å²) in [5, 5.41) is 8.70. The second kappa shape index (κ2) is 7.17. The van der Waals surface area contributed by atoms with E-state index >= 15 is 0 Å². The van der Waals surface area contributed by atoms with Crippen molar-refractivity contribution in [2.24, 2.45) is 5.92 Å². The quantitative estimate of drug-likeness (QED) is 0.592. The Morgan fingerprint density at radius 3 is 2.37 bits per heavy atom. The van der Waals surface area contributed by atoms with Gasteiger partial charge in [-0.1, -0.05) is 12.1 Å². The molecule has 0 aliphatic heterocycles. The zero-order chi connectivity index (χ0) is 14.3. The Morgan fingerprint density at radius 2 is 1.89 bits per heavy atom. The molecule has 1 unspecified atom stereocenters. The molecule has 1 rings (SSSR count). The van der Waals surface area contributed by atoms with Gasteiger partial charge in [0, 0.05) is 0 Å². The number of carbonyl (C=O) groups excluding carboxylic acids is 2. The molecule has 5 nitrogen and oxygen atoms in total. The van der Waals surface area contributed by atoms with Crippen molar-refractivity contribution in [1.29, 1.82) is 5.26 Å². The van der Waals surface area contributed by atoms with Crippen LogP contribution in [0.25, 0.3) is 0 Å². The first kappa shape index (κ1) is 14.7. The molecule has 1 aromatic rings. The summed E-state index contributed by atoms with van der Waals surface area (Å²) in [5.74, 6) is -2.19. The summed E-state index contributed by atoms with van der Waals surface area (Å²) in [7, 11) is 1.23. The van der Waals surface area contributed by atoms with Crippen LogP contribution in [0, 0.1) is 17.2 Å². The molecule has 0 saturated heterocycles. The SMILES string of the molecule is CCOC(=O)C(Cc1ccc(C#N)cc1)C(=O)OC. The molecule has 0 aliphatic carbocycles. The highest BCUT2D eigenvalue weighted by Gasteiger charge is 2.29. The number of methoxy groups -OCH3 is 1. The van der Waals surface area contributed by atoms with Gasteiger partial charge in [0.05, 0.1) is 25.3 Å². The van der Waals surface area contributed by atoms with Crippen molar-refractivity contribution >= 4 is 11.9 Å². The third-order valence-corrected chi connectivity index (χ3v) is 2.58. The first-order valence-electron chi connectivity index (χ1n) is 5.85. The molecule has 0 heterocycles. The van der Waals surface area contributed by atoms with Crippen LogP contribution in [-0.2, 0) is 25.5 Å². The predicted molar refractivity (Wildman–Crippen MR) is 67.0 cm³/mol. The average molecular weight is 261 g/mol. The molecule has 0 saturated carbocycles. The number of hydrogen-bond acceptors (Lipinski definition) is 5. The highest BCUT2D eigenvalue weighted by Crippen LogP contribution is 2.13. The second-order valence-electron chi connectivity index (χ2n) is 3.84. The Balaban J connectivity index is 2.84. The Labute approximate surface area is 111 Å². The van der Waals surface area contributed by atoms with Gasteiger partial charge in [-0.25, -0.2) is 0 Å². The van der Waals surface area contributed by atoms with Crippen LogP contribution in [0.1, 0.15) is 18.1 Å². The second-order valence-corrected chi connectivity index (χ2v) is 3.84. The largest absolute Gasteiger partial charge is 0.468 e. The lowest BCUT2D eigenvalue weighted by atomic mass is 9.98. The van der Waals surface area contributed by atoms with Gasteiger partial charge >= 0.3 is 11.9 Å². The third kappa shape index (κ3) is 4.11. The summed E-state index contributed by atoms with van der Waals surface area (Å²) in [4.78, 5) is 23.3. The maximum Gasteiger partial charge on any atom is 0.320 e. The predicted octanol–water partition coefficient (Wildman–Crippen LogP) is 1.45. The van der Waals surface area contributed by atoms with E-state index in [1.54, 1.807) is 31.2 Å². The molecule has 0 spiro atoms. The Bertz CT molecular complexity index is 487. The molecule has 19 heavy (non-hydrogen) atoms. The molecule has 0 bridgehead atoms. The summed E-state index contributed by atoms with van der Waals surface area (Å²) in [6, 6.07) is 8.67. The molecule has 1 atom stereocenters. The van der Waals surface area contributed by atoms with Crippen molar-refractivity contribution in [2.45, 2.75) is 13.3 Å². The van der Waals surface area contributed by atoms with E-state index in [1.165, 1.54) is 7.11 Å². The van der Waals surface area contributed by atoms with Crippen molar-refractivity contribution in [3.05, 3.63) is 35.4 Å². The first-order chi connectivity index (χ1) is 9.12. The zero-order valence-electron chi connectivity index (χ0n) is 10.9. The van der Waals surface area contributed by atoms with Crippen LogP contribution in [0.3, 0.4) is 0 Å². The van der Waals surface area contributed by atoms with E-state index in [2.05, 4.69) is 4.74 Å². The van der Waals surface area contributed by atoms with Crippen molar-refractivity contribution in [3.63, 3.8) is 0 Å². The summed E-state index contributed by atoms with van der Waals surface area (Å²) < 4.78 is 9.46. The van der Waals surface area contributed by atoms with Crippen LogP contribution in [-0.4, -0.2) is 25.7 Å². The highest BCUT2D eigenvalue weighted by atomic mass is 16.5. The number of ether oxygens (including phenoxy) is 2. The van der Waals surface area contributed by atoms with Crippen molar-refractivity contribution < 1.29 is 19.1 Å². The molecular weight excluding hydrogens is 246 g/mol. The van der Waals surface area contributed by atoms with Gasteiger partial charge in [-0.2, -0.15) is 5.26 Å². The fourth-order valence-electron chi connectivity index (χ4n) is 1.60. The van der Waals surface area contributed by atoms with Gasteiger partial charge in [-0.05, 0) is 31.0 Å². The van der Waals surface area contributed by atoms with E-state index < -0.39 is 17.9 Å². The van der Waals surface area contributed by atoms with Gasteiger partial charge in [0.25, 0.3) is 0 Å². The number of nitriles is 1. The molecule has 100 valence electrons. The van der Waals surface area contributed by atoms with E-state index in [1.807, 2.05) is 6.07 Å². The van der Waals surface area contributed by atoms with Gasteiger partial charge in [0.2, 0.25) is 0 Å². The number of carbonyl (C=O) groups is 2. The lowest BCUT2D eigenvalue weighted by molar-refractivity contribution is -0.160. The number of hydrogen-bond donors (Lipinski definition) is 0. The normalized spacial score (nSPS) is 11.2. The minimum Gasteiger partial charge on any atom is -0.468 e. The van der Waals surface area contributed by atoms with E-state index in [4.69, 9.17) is 10.00 Å². The minimum absolute atomic E-state index is 0.192. The third-order valence-electron chi connectivity index (χ3n) is 2.58. The van der Waals surface area contributed by atoms with Crippen LogP contribution < -0.4 is 0 Å². The summed E-state index contributed by atoms with van der Waals surface area (Å²) in [6.07, 6.45) is 0.192. The molecule has 5 heteroatoms. The van der Waals surface area contributed by atoms with E-state index in [0.717, 1.165) is 5.56 Å². The molecule has 0 aromatic heterocycles. The Kier molecular flexibility index (Phi) is 5.55. The van der Waals surface area contributed by atoms with Crippen LogP contribution in [0.15, 0.2) is 24.3 Å². The van der Waals surface area contributed by atoms with Gasteiger partial charge in [0.1, 0.15) is 0 Å². The number of rotatable bonds is 5. The molecule has 0 aliphatic rings. The topological polar surface area (TPSA) is 76.4 Å². The average Bonchev–Trinajstić information content (AvgIpc) is 2.44. The molecule has 1 aromatic carbocycles. The van der Waals surface area contributed by atoms with Crippen LogP contribution in [0.5, 0.6) is 0 Å². The number of benzene rings is 1. The lowest BCUT2D eigenvalue weighted by Gasteiger charge is -2.13. The van der Waals surface area contributed by atoms with Crippen molar-refractivity contribution in [3.8, 4) is 6.07 Å². The van der Waals surface area contributed by atoms with Crippen LogP contribution in [0.2, 0.25) is 0 Å². The van der Waals surface area contributed by atoms with Crippen LogP contribution >= 0.6 is 0 Å². The molecular formula is C14H15NO4. The van der Waals surface area contributed by atoms with Gasteiger partial charge < -0.3 is 9.47 Å². The number of nitrogens with zero attached hydrogens (tertiary/aromatic N) is 1. The minimum atomic E-state index is -0.974. The summed E-state index contributed by atoms with van der Waals surface area (Å²) in [6.45, 7) is 1.88. The van der Waals surface area contributed by atoms with Gasteiger partial charge in [-0.3, -0.25) is 9.59 Å². The van der Waals surface area contributed by atoms with Gasteiger partial charge in [0.15, 0.2) is 5.92 Å². The number of esters is 2. The zero-order valence-corrected chi connectivity index (χ0v) is 10.9. The van der Waals surface area contributed by atoms with Gasteiger partial charge in [-0.15, -0.1) is 0 Å². The fraction of sp³-hybridized carbons (Fsp3) is 0.357. The maximum absolute atomic E-state index is 11.7. The fourth-order valence-corrected chi connectivity index (χ4v) is 1.60. The molecule has 0 N–H and O–H groups in total. The van der Waals surface area contributed by atoms with E-state index in [-0.39, 0.29) is 13.0 Å². The summed E-state index contributed by atoms with van der Waals surface area (Å²) in [5.41, 5.74) is 1.29. The van der Waals surface area contributed by atoms with Crippen molar-refractivity contribution in [1.82, 2.24) is 0 Å². The first-order valence-corrected chi connectivity index (χ1v) is 5.85.